The zero-order valence-corrected chi connectivity index (χ0v) is 13.2. The summed E-state index contributed by atoms with van der Waals surface area (Å²) in [5, 5.41) is 3.76. The predicted octanol–water partition coefficient (Wildman–Crippen LogP) is 3.52. The molecule has 1 rings (SSSR count). The van der Waals surface area contributed by atoms with E-state index in [1.54, 1.807) is 0 Å². The van der Waals surface area contributed by atoms with Crippen LogP contribution in [0.15, 0.2) is 0 Å². The molecule has 0 aromatic carbocycles. The Bertz CT molecular complexity index is 215. The molecule has 0 heterocycles. The third-order valence-corrected chi connectivity index (χ3v) is 4.85. The maximum atomic E-state index is 3.76. The Hall–Kier alpha value is -0.0800. The normalized spacial score (nSPS) is 29.2. The van der Waals surface area contributed by atoms with Crippen LogP contribution in [-0.4, -0.2) is 37.1 Å². The molecular weight excluding hydrogens is 220 g/mol. The van der Waals surface area contributed by atoms with Crippen molar-refractivity contribution in [1.82, 2.24) is 10.2 Å². The molecule has 2 nitrogen and oxygen atoms in total. The molecule has 0 saturated heterocycles. The van der Waals surface area contributed by atoms with Gasteiger partial charge in [-0.05, 0) is 77.9 Å². The molecule has 0 aliphatic heterocycles. The quantitative estimate of drug-likeness (QED) is 0.699. The number of unbranched alkanes of at least 4 members (excludes halogenated alkanes) is 1. The van der Waals surface area contributed by atoms with Crippen LogP contribution in [0.2, 0.25) is 0 Å². The first-order valence-corrected chi connectivity index (χ1v) is 7.94. The lowest BCUT2D eigenvalue weighted by molar-refractivity contribution is 0.224. The van der Waals surface area contributed by atoms with Gasteiger partial charge in [-0.1, -0.05) is 13.8 Å². The number of hydrogen-bond donors (Lipinski definition) is 1. The first-order valence-electron chi connectivity index (χ1n) is 7.94. The van der Waals surface area contributed by atoms with Crippen LogP contribution in [0, 0.1) is 11.8 Å². The van der Waals surface area contributed by atoms with Crippen molar-refractivity contribution in [1.29, 1.82) is 0 Å². The molecule has 0 bridgehead atoms. The van der Waals surface area contributed by atoms with E-state index in [2.05, 4.69) is 45.0 Å². The minimum absolute atomic E-state index is 0.679. The Morgan fingerprint density at radius 2 is 1.83 bits per heavy atom. The van der Waals surface area contributed by atoms with Gasteiger partial charge in [-0.15, -0.1) is 0 Å². The van der Waals surface area contributed by atoms with E-state index in [9.17, 15) is 0 Å². The van der Waals surface area contributed by atoms with Crippen LogP contribution in [0.3, 0.4) is 0 Å². The van der Waals surface area contributed by atoms with Gasteiger partial charge in [0.2, 0.25) is 0 Å². The van der Waals surface area contributed by atoms with Crippen molar-refractivity contribution in [2.24, 2.45) is 11.8 Å². The van der Waals surface area contributed by atoms with Crippen molar-refractivity contribution in [2.45, 2.75) is 71.9 Å². The molecular formula is C16H34N2. The van der Waals surface area contributed by atoms with E-state index < -0.39 is 0 Å². The fourth-order valence-corrected chi connectivity index (χ4v) is 2.78. The minimum atomic E-state index is 0.679. The van der Waals surface area contributed by atoms with Crippen molar-refractivity contribution >= 4 is 0 Å². The second kappa shape index (κ2) is 8.16. The van der Waals surface area contributed by atoms with E-state index in [1.807, 2.05) is 0 Å². The topological polar surface area (TPSA) is 15.3 Å². The highest BCUT2D eigenvalue weighted by atomic mass is 15.1. The molecule has 1 aliphatic carbocycles. The maximum Gasteiger partial charge on any atom is 0.00698 e. The van der Waals surface area contributed by atoms with Gasteiger partial charge in [0.1, 0.15) is 0 Å². The first-order chi connectivity index (χ1) is 8.50. The molecule has 3 atom stereocenters. The summed E-state index contributed by atoms with van der Waals surface area (Å²) in [4.78, 5) is 2.43. The van der Waals surface area contributed by atoms with Crippen LogP contribution in [-0.2, 0) is 0 Å². The summed E-state index contributed by atoms with van der Waals surface area (Å²) in [5.41, 5.74) is 0. The summed E-state index contributed by atoms with van der Waals surface area (Å²) in [5.74, 6) is 1.84. The predicted molar refractivity (Wildman–Crippen MR) is 81.0 cm³/mol. The van der Waals surface area contributed by atoms with E-state index >= 15 is 0 Å². The van der Waals surface area contributed by atoms with E-state index in [0.717, 1.165) is 17.9 Å². The van der Waals surface area contributed by atoms with Crippen LogP contribution in [0.25, 0.3) is 0 Å². The molecule has 1 saturated carbocycles. The molecule has 2 heteroatoms. The number of nitrogens with zero attached hydrogens (tertiary/aromatic N) is 1. The highest BCUT2D eigenvalue weighted by Crippen LogP contribution is 2.29. The van der Waals surface area contributed by atoms with Crippen molar-refractivity contribution in [3.8, 4) is 0 Å². The Balaban J connectivity index is 2.01. The third kappa shape index (κ3) is 5.71. The molecule has 18 heavy (non-hydrogen) atoms. The number of rotatable bonds is 7. The van der Waals surface area contributed by atoms with Gasteiger partial charge in [-0.2, -0.15) is 0 Å². The van der Waals surface area contributed by atoms with Crippen molar-refractivity contribution in [3.05, 3.63) is 0 Å². The fourth-order valence-electron chi connectivity index (χ4n) is 2.78. The molecule has 0 aromatic rings. The van der Waals surface area contributed by atoms with Crippen molar-refractivity contribution in [3.63, 3.8) is 0 Å². The Labute approximate surface area is 115 Å². The largest absolute Gasteiger partial charge is 0.314 e. The molecule has 1 aliphatic rings. The number of nitrogens with one attached hydrogen (secondary N) is 1. The standard InChI is InChI=1S/C16H34N2/c1-13(2)18(5)11-7-6-10-17-16-9-8-14(3)15(4)12-16/h13-17H,6-12H2,1-5H3. The summed E-state index contributed by atoms with van der Waals surface area (Å²) in [6, 6.07) is 1.47. The van der Waals surface area contributed by atoms with Gasteiger partial charge in [0.15, 0.2) is 0 Å². The zero-order valence-electron chi connectivity index (χ0n) is 13.2. The van der Waals surface area contributed by atoms with Crippen LogP contribution in [0.1, 0.15) is 59.8 Å². The average Bonchev–Trinajstić information content (AvgIpc) is 2.32. The molecule has 108 valence electrons. The second-order valence-electron chi connectivity index (χ2n) is 6.70. The van der Waals surface area contributed by atoms with Crippen LogP contribution < -0.4 is 5.32 Å². The molecule has 3 unspecified atom stereocenters. The van der Waals surface area contributed by atoms with E-state index in [1.165, 1.54) is 45.2 Å². The Morgan fingerprint density at radius 1 is 1.11 bits per heavy atom. The molecule has 1 N–H and O–H groups in total. The Kier molecular flexibility index (Phi) is 7.25. The summed E-state index contributed by atoms with van der Waals surface area (Å²) in [6.07, 6.45) is 6.82. The monoisotopic (exact) mass is 254 g/mol. The zero-order chi connectivity index (χ0) is 13.5. The summed E-state index contributed by atoms with van der Waals surface area (Å²) >= 11 is 0. The van der Waals surface area contributed by atoms with Gasteiger partial charge in [0.05, 0.1) is 0 Å². The van der Waals surface area contributed by atoms with Crippen LogP contribution in [0.4, 0.5) is 0 Å². The highest BCUT2D eigenvalue weighted by molar-refractivity contribution is 4.79. The summed E-state index contributed by atoms with van der Waals surface area (Å²) in [7, 11) is 2.22. The SMILES string of the molecule is CC1CCC(NCCCCN(C)C(C)C)CC1C. The van der Waals surface area contributed by atoms with Gasteiger partial charge in [0.25, 0.3) is 0 Å². The van der Waals surface area contributed by atoms with E-state index in [-0.39, 0.29) is 0 Å². The van der Waals surface area contributed by atoms with Gasteiger partial charge in [-0.3, -0.25) is 0 Å². The molecule has 0 spiro atoms. The number of hydrogen-bond acceptors (Lipinski definition) is 2. The lowest BCUT2D eigenvalue weighted by Crippen LogP contribution is -2.37. The lowest BCUT2D eigenvalue weighted by Gasteiger charge is -2.32. The summed E-state index contributed by atoms with van der Waals surface area (Å²) < 4.78 is 0. The first kappa shape index (κ1) is 16.0. The van der Waals surface area contributed by atoms with E-state index in [0.29, 0.717) is 6.04 Å². The molecule has 0 amide bonds. The Morgan fingerprint density at radius 3 is 2.44 bits per heavy atom. The molecule has 1 fully saturated rings. The lowest BCUT2D eigenvalue weighted by atomic mass is 9.79. The van der Waals surface area contributed by atoms with Crippen LogP contribution >= 0.6 is 0 Å². The average molecular weight is 254 g/mol. The minimum Gasteiger partial charge on any atom is -0.314 e. The van der Waals surface area contributed by atoms with Gasteiger partial charge in [-0.25, -0.2) is 0 Å². The molecule has 0 radical (unpaired) electrons. The van der Waals surface area contributed by atoms with Gasteiger partial charge >= 0.3 is 0 Å². The summed E-state index contributed by atoms with van der Waals surface area (Å²) in [6.45, 7) is 11.8. The maximum absolute atomic E-state index is 3.76. The van der Waals surface area contributed by atoms with Gasteiger partial charge in [0, 0.05) is 12.1 Å². The third-order valence-electron chi connectivity index (χ3n) is 4.85. The fraction of sp³-hybridized carbons (Fsp3) is 1.00. The van der Waals surface area contributed by atoms with E-state index in [4.69, 9.17) is 0 Å². The highest BCUT2D eigenvalue weighted by Gasteiger charge is 2.23. The van der Waals surface area contributed by atoms with Crippen molar-refractivity contribution in [2.75, 3.05) is 20.1 Å². The van der Waals surface area contributed by atoms with Crippen molar-refractivity contribution < 1.29 is 0 Å². The molecule has 0 aromatic heterocycles. The smallest absolute Gasteiger partial charge is 0.00698 e. The second-order valence-corrected chi connectivity index (χ2v) is 6.70. The van der Waals surface area contributed by atoms with Crippen LogP contribution in [0.5, 0.6) is 0 Å². The van der Waals surface area contributed by atoms with Gasteiger partial charge < -0.3 is 10.2 Å².